The van der Waals surface area contributed by atoms with Crippen molar-refractivity contribution >= 4 is 5.69 Å². The summed E-state index contributed by atoms with van der Waals surface area (Å²) in [6, 6.07) is 5.26. The van der Waals surface area contributed by atoms with E-state index in [2.05, 4.69) is 14.9 Å². The van der Waals surface area contributed by atoms with Crippen molar-refractivity contribution in [3.63, 3.8) is 0 Å². The lowest BCUT2D eigenvalue weighted by Gasteiger charge is -2.04. The van der Waals surface area contributed by atoms with Crippen molar-refractivity contribution in [3.8, 4) is 11.5 Å². The van der Waals surface area contributed by atoms with Crippen LogP contribution in [0.2, 0.25) is 0 Å². The zero-order valence-corrected chi connectivity index (χ0v) is 10.6. The summed E-state index contributed by atoms with van der Waals surface area (Å²) in [5, 5.41) is 3.55. The Morgan fingerprint density at radius 1 is 1.35 bits per heavy atom. The number of nitrogen functional groups attached to an aromatic ring is 1. The molecule has 0 unspecified atom stereocenters. The highest BCUT2D eigenvalue weighted by molar-refractivity contribution is 5.70. The van der Waals surface area contributed by atoms with Crippen LogP contribution in [0, 0.1) is 6.92 Å². The van der Waals surface area contributed by atoms with Gasteiger partial charge in [0.05, 0.1) is 5.56 Å². The number of rotatable bonds is 4. The van der Waals surface area contributed by atoms with Crippen molar-refractivity contribution in [3.05, 3.63) is 29.6 Å². The lowest BCUT2D eigenvalue weighted by Crippen LogP contribution is -2.16. The second-order valence-electron chi connectivity index (χ2n) is 4.21. The van der Waals surface area contributed by atoms with Crippen LogP contribution in [0.5, 0.6) is 0 Å². The second kappa shape index (κ2) is 5.49. The van der Waals surface area contributed by atoms with Crippen LogP contribution in [0.4, 0.5) is 18.9 Å². The van der Waals surface area contributed by atoms with Crippen LogP contribution in [0.25, 0.3) is 11.5 Å². The molecule has 0 radical (unpaired) electrons. The van der Waals surface area contributed by atoms with Gasteiger partial charge in [0.2, 0.25) is 0 Å². The number of benzene rings is 1. The van der Waals surface area contributed by atoms with Crippen molar-refractivity contribution in [2.45, 2.75) is 19.7 Å². The summed E-state index contributed by atoms with van der Waals surface area (Å²) in [6.45, 7) is 0.130. The fourth-order valence-electron chi connectivity index (χ4n) is 1.54. The minimum absolute atomic E-state index is 0.0326. The predicted molar refractivity (Wildman–Crippen MR) is 64.6 cm³/mol. The fraction of sp³-hybridized carbons (Fsp3) is 0.333. The van der Waals surface area contributed by atoms with Crippen LogP contribution in [0.3, 0.4) is 0 Å². The number of nitrogens with zero attached hydrogens (tertiary/aromatic N) is 2. The van der Waals surface area contributed by atoms with Crippen LogP contribution < -0.4 is 5.73 Å². The van der Waals surface area contributed by atoms with E-state index in [9.17, 15) is 13.2 Å². The summed E-state index contributed by atoms with van der Waals surface area (Å²) in [6.07, 6.45) is -4.38. The molecule has 2 rings (SSSR count). The summed E-state index contributed by atoms with van der Waals surface area (Å²) >= 11 is 0. The summed E-state index contributed by atoms with van der Waals surface area (Å²) in [7, 11) is 0. The summed E-state index contributed by atoms with van der Waals surface area (Å²) in [5.41, 5.74) is 7.71. The van der Waals surface area contributed by atoms with Gasteiger partial charge >= 0.3 is 6.18 Å². The van der Waals surface area contributed by atoms with E-state index in [-0.39, 0.29) is 18.3 Å². The maximum Gasteiger partial charge on any atom is 0.411 e. The molecule has 108 valence electrons. The van der Waals surface area contributed by atoms with Gasteiger partial charge in [-0.05, 0) is 19.1 Å². The Hall–Kier alpha value is -2.09. The molecule has 0 fully saturated rings. The van der Waals surface area contributed by atoms with Crippen LogP contribution in [-0.2, 0) is 11.3 Å². The molecule has 1 aromatic carbocycles. The van der Waals surface area contributed by atoms with Crippen LogP contribution >= 0.6 is 0 Å². The molecule has 0 aliphatic rings. The fourth-order valence-corrected chi connectivity index (χ4v) is 1.54. The summed E-state index contributed by atoms with van der Waals surface area (Å²) < 4.78 is 45.2. The lowest BCUT2D eigenvalue weighted by molar-refractivity contribution is -0.177. The number of nitrogens with two attached hydrogens (primary N) is 1. The topological polar surface area (TPSA) is 74.2 Å². The number of ether oxygens (including phenoxy) is 1. The average molecular weight is 287 g/mol. The molecule has 0 amide bonds. The minimum Gasteiger partial charge on any atom is -0.398 e. The molecule has 0 atom stereocenters. The summed E-state index contributed by atoms with van der Waals surface area (Å²) in [4.78, 5) is 3.95. The Morgan fingerprint density at radius 3 is 2.80 bits per heavy atom. The third-order valence-electron chi connectivity index (χ3n) is 2.40. The molecule has 0 aliphatic carbocycles. The number of hydrogen-bond acceptors (Lipinski definition) is 5. The third-order valence-corrected chi connectivity index (χ3v) is 2.40. The standard InChI is InChI=1S/C12H12F3N3O2/c1-7-2-3-9(16)8(4-7)11-17-10(18-20-11)5-19-6-12(13,14)15/h2-4H,5-6,16H2,1H3. The first-order valence-electron chi connectivity index (χ1n) is 5.69. The highest BCUT2D eigenvalue weighted by atomic mass is 19.4. The van der Waals surface area contributed by atoms with Gasteiger partial charge in [0, 0.05) is 5.69 Å². The Kier molecular flexibility index (Phi) is 3.93. The molecular formula is C12H12F3N3O2. The number of alkyl halides is 3. The van der Waals surface area contributed by atoms with E-state index in [1.54, 1.807) is 12.1 Å². The van der Waals surface area contributed by atoms with Gasteiger partial charge in [-0.2, -0.15) is 18.2 Å². The Morgan fingerprint density at radius 2 is 2.10 bits per heavy atom. The van der Waals surface area contributed by atoms with Crippen molar-refractivity contribution in [2.75, 3.05) is 12.3 Å². The van der Waals surface area contributed by atoms with Crippen molar-refractivity contribution in [1.29, 1.82) is 0 Å². The maximum absolute atomic E-state index is 11.9. The smallest absolute Gasteiger partial charge is 0.398 e. The van der Waals surface area contributed by atoms with Gasteiger partial charge < -0.3 is 15.0 Å². The first-order chi connectivity index (χ1) is 9.35. The molecule has 1 heterocycles. The van der Waals surface area contributed by atoms with Crippen LogP contribution in [0.15, 0.2) is 22.7 Å². The molecule has 0 spiro atoms. The zero-order valence-electron chi connectivity index (χ0n) is 10.6. The first-order valence-corrected chi connectivity index (χ1v) is 5.69. The molecule has 0 saturated carbocycles. The highest BCUT2D eigenvalue weighted by Gasteiger charge is 2.27. The minimum atomic E-state index is -4.38. The van der Waals surface area contributed by atoms with Gasteiger partial charge in [-0.15, -0.1) is 0 Å². The molecule has 5 nitrogen and oxygen atoms in total. The van der Waals surface area contributed by atoms with Crippen LogP contribution in [0.1, 0.15) is 11.4 Å². The summed E-state index contributed by atoms with van der Waals surface area (Å²) in [5.74, 6) is 0.182. The van der Waals surface area contributed by atoms with Crippen molar-refractivity contribution < 1.29 is 22.4 Å². The van der Waals surface area contributed by atoms with E-state index in [4.69, 9.17) is 10.3 Å². The molecule has 2 aromatic rings. The van der Waals surface area contributed by atoms with Gasteiger partial charge in [0.1, 0.15) is 13.2 Å². The van der Waals surface area contributed by atoms with E-state index >= 15 is 0 Å². The van der Waals surface area contributed by atoms with Gasteiger partial charge in [0.25, 0.3) is 5.89 Å². The van der Waals surface area contributed by atoms with E-state index in [1.807, 2.05) is 13.0 Å². The average Bonchev–Trinajstić information content (AvgIpc) is 2.79. The number of hydrogen-bond donors (Lipinski definition) is 1. The van der Waals surface area contributed by atoms with Crippen molar-refractivity contribution in [1.82, 2.24) is 10.1 Å². The van der Waals surface area contributed by atoms with E-state index in [0.717, 1.165) is 5.56 Å². The predicted octanol–water partition coefficient (Wildman–Crippen LogP) is 2.71. The number of anilines is 1. The van der Waals surface area contributed by atoms with Crippen molar-refractivity contribution in [2.24, 2.45) is 0 Å². The molecule has 0 bridgehead atoms. The monoisotopic (exact) mass is 287 g/mol. The molecule has 8 heteroatoms. The molecule has 1 aromatic heterocycles. The van der Waals surface area contributed by atoms with E-state index in [1.165, 1.54) is 0 Å². The molecule has 0 aliphatic heterocycles. The molecule has 0 saturated heterocycles. The SMILES string of the molecule is Cc1ccc(N)c(-c2nc(COCC(F)(F)F)no2)c1. The zero-order chi connectivity index (χ0) is 14.8. The second-order valence-corrected chi connectivity index (χ2v) is 4.21. The van der Waals surface area contributed by atoms with Gasteiger partial charge in [-0.25, -0.2) is 0 Å². The quantitative estimate of drug-likeness (QED) is 0.875. The Balaban J connectivity index is 2.07. The Labute approximate surface area is 112 Å². The van der Waals surface area contributed by atoms with Gasteiger partial charge in [0.15, 0.2) is 5.82 Å². The van der Waals surface area contributed by atoms with Crippen LogP contribution in [-0.4, -0.2) is 22.9 Å². The largest absolute Gasteiger partial charge is 0.411 e. The molecule has 20 heavy (non-hydrogen) atoms. The van der Waals surface area contributed by atoms with E-state index < -0.39 is 12.8 Å². The Bertz CT molecular complexity index is 596. The van der Waals surface area contributed by atoms with Gasteiger partial charge in [-0.1, -0.05) is 16.8 Å². The molecular weight excluding hydrogens is 275 g/mol. The number of aryl methyl sites for hydroxylation is 1. The first kappa shape index (κ1) is 14.3. The maximum atomic E-state index is 11.9. The number of aromatic nitrogens is 2. The number of halogens is 3. The van der Waals surface area contributed by atoms with E-state index in [0.29, 0.717) is 11.3 Å². The molecule has 2 N–H and O–H groups in total. The third kappa shape index (κ3) is 3.70. The normalized spacial score (nSPS) is 11.8. The lowest BCUT2D eigenvalue weighted by atomic mass is 10.1. The van der Waals surface area contributed by atoms with Gasteiger partial charge in [-0.3, -0.25) is 0 Å². The highest BCUT2D eigenvalue weighted by Crippen LogP contribution is 2.25.